The number of aromatic nitrogens is 5. The van der Waals surface area contributed by atoms with Crippen LogP contribution in [-0.2, 0) is 13.1 Å². The van der Waals surface area contributed by atoms with E-state index in [1.807, 2.05) is 0 Å². The normalized spacial score (nSPS) is 11.6. The van der Waals surface area contributed by atoms with E-state index in [0.29, 0.717) is 23.5 Å². The minimum Gasteiger partial charge on any atom is -0.381 e. The molecule has 2 aromatic rings. The molecule has 0 atom stereocenters. The van der Waals surface area contributed by atoms with Crippen LogP contribution in [-0.4, -0.2) is 37.5 Å². The van der Waals surface area contributed by atoms with E-state index in [4.69, 9.17) is 0 Å². The largest absolute Gasteiger partial charge is 0.408 e. The average Bonchev–Trinajstić information content (AvgIpc) is 2.89. The van der Waals surface area contributed by atoms with Gasteiger partial charge in [0.25, 0.3) is 5.56 Å². The smallest absolute Gasteiger partial charge is 0.381 e. The molecule has 2 rings (SSSR count). The molecule has 0 aromatic carbocycles. The number of hydrogen-bond acceptors (Lipinski definition) is 5. The molecule has 0 fully saturated rings. The Hall–Kier alpha value is -1.91. The molecule has 1 N–H and O–H groups in total. The lowest BCUT2D eigenvalue weighted by Gasteiger charge is -2.11. The molecule has 2 heterocycles. The molecule has 0 bridgehead atoms. The first-order valence-corrected chi connectivity index (χ1v) is 6.56. The predicted octanol–water partition coefficient (Wildman–Crippen LogP) is 1.27. The molecule has 0 spiro atoms. The van der Waals surface area contributed by atoms with Crippen molar-refractivity contribution >= 4 is 21.6 Å². The number of nitrogens with one attached hydrogen (secondary N) is 1. The highest BCUT2D eigenvalue weighted by atomic mass is 79.9. The third-order valence-electron chi connectivity index (χ3n) is 2.44. The van der Waals surface area contributed by atoms with Crippen LogP contribution in [0.3, 0.4) is 0 Å². The lowest BCUT2D eigenvalue weighted by Crippen LogP contribution is -2.31. The summed E-state index contributed by atoms with van der Waals surface area (Å²) in [4.78, 5) is 11.7. The first-order chi connectivity index (χ1) is 9.87. The van der Waals surface area contributed by atoms with E-state index in [0.717, 1.165) is 0 Å². The van der Waals surface area contributed by atoms with Crippen molar-refractivity contribution in [2.45, 2.75) is 19.3 Å². The zero-order chi connectivity index (χ0) is 15.5. The Bertz CT molecular complexity index is 654. The van der Waals surface area contributed by atoms with Crippen LogP contribution in [0.4, 0.5) is 18.9 Å². The lowest BCUT2D eigenvalue weighted by atomic mass is 10.4. The van der Waals surface area contributed by atoms with E-state index in [-0.39, 0.29) is 4.47 Å². The molecule has 0 aliphatic carbocycles. The van der Waals surface area contributed by atoms with E-state index in [1.54, 1.807) is 10.9 Å². The molecule has 21 heavy (non-hydrogen) atoms. The van der Waals surface area contributed by atoms with Gasteiger partial charge in [-0.05, 0) is 15.9 Å². The van der Waals surface area contributed by atoms with Crippen molar-refractivity contribution in [3.8, 4) is 0 Å². The molecular weight excluding hydrogens is 357 g/mol. The van der Waals surface area contributed by atoms with Gasteiger partial charge in [0.15, 0.2) is 0 Å². The van der Waals surface area contributed by atoms with Gasteiger partial charge in [-0.15, -0.1) is 5.10 Å². The standard InChI is InChI=1S/C10H10BrF3N6O/c11-8-7(15-1-3-19-4-2-16-18-19)5-17-20(9(8)21)6-10(12,13)14/h2,4-5,15H,1,3,6H2. The minimum atomic E-state index is -4.50. The Morgan fingerprint density at radius 1 is 1.38 bits per heavy atom. The maximum atomic E-state index is 12.3. The summed E-state index contributed by atoms with van der Waals surface area (Å²) < 4.78 is 38.7. The Labute approximate surface area is 124 Å². The van der Waals surface area contributed by atoms with Crippen LogP contribution in [0.1, 0.15) is 0 Å². The number of hydrogen-bond donors (Lipinski definition) is 1. The Morgan fingerprint density at radius 2 is 2.14 bits per heavy atom. The summed E-state index contributed by atoms with van der Waals surface area (Å²) in [5, 5.41) is 13.8. The van der Waals surface area contributed by atoms with Crippen molar-refractivity contribution in [3.05, 3.63) is 33.4 Å². The third kappa shape index (κ3) is 4.28. The minimum absolute atomic E-state index is 0.000315. The van der Waals surface area contributed by atoms with Crippen molar-refractivity contribution in [1.82, 2.24) is 24.8 Å². The van der Waals surface area contributed by atoms with Crippen molar-refractivity contribution in [2.24, 2.45) is 0 Å². The van der Waals surface area contributed by atoms with Crippen molar-refractivity contribution in [2.75, 3.05) is 11.9 Å². The van der Waals surface area contributed by atoms with Crippen LogP contribution in [0.15, 0.2) is 27.9 Å². The van der Waals surface area contributed by atoms with Gasteiger partial charge in [0.2, 0.25) is 0 Å². The average molecular weight is 367 g/mol. The summed E-state index contributed by atoms with van der Waals surface area (Å²) >= 11 is 2.98. The highest BCUT2D eigenvalue weighted by Gasteiger charge is 2.29. The summed E-state index contributed by atoms with van der Waals surface area (Å²) in [6, 6.07) is 0. The molecule has 0 saturated heterocycles. The van der Waals surface area contributed by atoms with Crippen LogP contribution in [0, 0.1) is 0 Å². The van der Waals surface area contributed by atoms with E-state index >= 15 is 0 Å². The number of alkyl halides is 3. The Kier molecular flexibility index (Phi) is 4.60. The second-order valence-electron chi connectivity index (χ2n) is 4.04. The number of nitrogens with zero attached hydrogens (tertiary/aromatic N) is 5. The Morgan fingerprint density at radius 3 is 2.76 bits per heavy atom. The van der Waals surface area contributed by atoms with Gasteiger partial charge in [-0.25, -0.2) is 4.68 Å². The van der Waals surface area contributed by atoms with Crippen molar-refractivity contribution < 1.29 is 13.2 Å². The molecule has 0 amide bonds. The second-order valence-corrected chi connectivity index (χ2v) is 4.84. The highest BCUT2D eigenvalue weighted by molar-refractivity contribution is 9.10. The zero-order valence-corrected chi connectivity index (χ0v) is 12.1. The van der Waals surface area contributed by atoms with Crippen LogP contribution in [0.25, 0.3) is 0 Å². The molecule has 2 aromatic heterocycles. The van der Waals surface area contributed by atoms with Gasteiger partial charge in [-0.3, -0.25) is 9.48 Å². The maximum absolute atomic E-state index is 12.3. The summed E-state index contributed by atoms with van der Waals surface area (Å²) in [6.07, 6.45) is -0.150. The molecule has 0 saturated carbocycles. The second kappa shape index (κ2) is 6.24. The van der Waals surface area contributed by atoms with Crippen molar-refractivity contribution in [1.29, 1.82) is 0 Å². The fourth-order valence-electron chi connectivity index (χ4n) is 1.53. The zero-order valence-electron chi connectivity index (χ0n) is 10.5. The maximum Gasteiger partial charge on any atom is 0.408 e. The number of rotatable bonds is 5. The van der Waals surface area contributed by atoms with Gasteiger partial charge in [0.1, 0.15) is 11.0 Å². The van der Waals surface area contributed by atoms with E-state index in [1.165, 1.54) is 12.4 Å². The van der Waals surface area contributed by atoms with Crippen LogP contribution >= 0.6 is 15.9 Å². The lowest BCUT2D eigenvalue weighted by molar-refractivity contribution is -0.143. The Balaban J connectivity index is 2.04. The van der Waals surface area contributed by atoms with Gasteiger partial charge >= 0.3 is 6.18 Å². The molecule has 0 radical (unpaired) electrons. The summed E-state index contributed by atoms with van der Waals surface area (Å²) in [5.74, 6) is 0. The van der Waals surface area contributed by atoms with Gasteiger partial charge in [-0.1, -0.05) is 5.21 Å². The van der Waals surface area contributed by atoms with Crippen LogP contribution < -0.4 is 10.9 Å². The van der Waals surface area contributed by atoms with Crippen LogP contribution in [0.2, 0.25) is 0 Å². The summed E-state index contributed by atoms with van der Waals surface area (Å²) in [7, 11) is 0. The molecule has 0 unspecified atom stereocenters. The first kappa shape index (κ1) is 15.5. The first-order valence-electron chi connectivity index (χ1n) is 5.77. The molecule has 7 nitrogen and oxygen atoms in total. The molecule has 0 aliphatic heterocycles. The fraction of sp³-hybridized carbons (Fsp3) is 0.400. The predicted molar refractivity (Wildman–Crippen MR) is 70.8 cm³/mol. The van der Waals surface area contributed by atoms with Gasteiger partial charge in [-0.2, -0.15) is 18.3 Å². The highest BCUT2D eigenvalue weighted by Crippen LogP contribution is 2.19. The molecule has 0 aliphatic rings. The molecule has 114 valence electrons. The fourth-order valence-corrected chi connectivity index (χ4v) is 1.98. The molecule has 11 heteroatoms. The monoisotopic (exact) mass is 366 g/mol. The number of halogens is 4. The quantitative estimate of drug-likeness (QED) is 0.862. The van der Waals surface area contributed by atoms with E-state index in [2.05, 4.69) is 36.7 Å². The van der Waals surface area contributed by atoms with Gasteiger partial charge in [0, 0.05) is 12.7 Å². The summed E-state index contributed by atoms with van der Waals surface area (Å²) in [5.41, 5.74) is -0.531. The summed E-state index contributed by atoms with van der Waals surface area (Å²) in [6.45, 7) is -0.534. The SMILES string of the molecule is O=c1c(Br)c(NCCn2ccnn2)cnn1CC(F)(F)F. The van der Waals surface area contributed by atoms with E-state index in [9.17, 15) is 18.0 Å². The van der Waals surface area contributed by atoms with Crippen LogP contribution in [0.5, 0.6) is 0 Å². The molecular formula is C10H10BrF3N6O. The van der Waals surface area contributed by atoms with Crippen molar-refractivity contribution in [3.63, 3.8) is 0 Å². The van der Waals surface area contributed by atoms with E-state index < -0.39 is 18.3 Å². The topological polar surface area (TPSA) is 77.6 Å². The van der Waals surface area contributed by atoms with Gasteiger partial charge in [0.05, 0.1) is 24.6 Å². The number of anilines is 1. The third-order valence-corrected chi connectivity index (χ3v) is 3.21. The van der Waals surface area contributed by atoms with Gasteiger partial charge < -0.3 is 5.32 Å².